The molecule has 128 valence electrons. The number of benzene rings is 1. The molecule has 2 heterocycles. The van der Waals surface area contributed by atoms with Crippen LogP contribution in [0.15, 0.2) is 28.8 Å². The molecule has 1 N–H and O–H groups in total. The van der Waals surface area contributed by atoms with Crippen LogP contribution in [-0.4, -0.2) is 39.9 Å². The Bertz CT molecular complexity index is 839. The van der Waals surface area contributed by atoms with Crippen LogP contribution >= 0.6 is 0 Å². The third-order valence-electron chi connectivity index (χ3n) is 4.04. The first-order valence-electron chi connectivity index (χ1n) is 7.97. The fourth-order valence-electron chi connectivity index (χ4n) is 2.84. The maximum absolute atomic E-state index is 12.4. The Hall–Kier alpha value is -3.21. The highest BCUT2D eigenvalue weighted by atomic mass is 16.5. The normalized spacial score (nSPS) is 17.0. The summed E-state index contributed by atoms with van der Waals surface area (Å²) in [6.07, 6.45) is 1.59. The molecule has 0 aliphatic carbocycles. The number of piperidine rings is 1. The van der Waals surface area contributed by atoms with Crippen molar-refractivity contribution in [2.45, 2.75) is 25.7 Å². The number of nitriles is 1. The largest absolute Gasteiger partial charge is 0.339 e. The second-order valence-corrected chi connectivity index (χ2v) is 5.92. The summed E-state index contributed by atoms with van der Waals surface area (Å²) in [5, 5.41) is 15.2. The molecule has 1 aliphatic rings. The molecule has 8 heteroatoms. The van der Waals surface area contributed by atoms with E-state index in [1.165, 1.54) is 11.0 Å². The van der Waals surface area contributed by atoms with Crippen LogP contribution < -0.4 is 5.32 Å². The number of carbonyl (C=O) groups excluding carboxylic acids is 2. The van der Waals surface area contributed by atoms with Gasteiger partial charge in [0.1, 0.15) is 0 Å². The van der Waals surface area contributed by atoms with E-state index in [1.807, 2.05) is 6.07 Å². The van der Waals surface area contributed by atoms with Gasteiger partial charge in [-0.25, -0.2) is 0 Å². The predicted molar refractivity (Wildman–Crippen MR) is 87.4 cm³/mol. The number of aromatic nitrogens is 2. The van der Waals surface area contributed by atoms with Gasteiger partial charge in [0.05, 0.1) is 17.6 Å². The topological polar surface area (TPSA) is 112 Å². The van der Waals surface area contributed by atoms with E-state index in [0.29, 0.717) is 36.1 Å². The number of rotatable bonds is 2. The highest BCUT2D eigenvalue weighted by molar-refractivity contribution is 6.39. The monoisotopic (exact) mass is 339 g/mol. The van der Waals surface area contributed by atoms with Crippen molar-refractivity contribution >= 4 is 17.5 Å². The minimum atomic E-state index is -0.725. The van der Waals surface area contributed by atoms with E-state index >= 15 is 0 Å². The quantitative estimate of drug-likeness (QED) is 0.832. The number of hydrogen-bond acceptors (Lipinski definition) is 6. The van der Waals surface area contributed by atoms with E-state index in [0.717, 1.165) is 12.8 Å². The molecule has 1 aliphatic heterocycles. The zero-order valence-corrected chi connectivity index (χ0v) is 13.7. The van der Waals surface area contributed by atoms with Crippen LogP contribution in [0.2, 0.25) is 0 Å². The first kappa shape index (κ1) is 16.6. The molecular formula is C17H17N5O3. The molecule has 3 rings (SSSR count). The zero-order valence-electron chi connectivity index (χ0n) is 13.7. The third kappa shape index (κ3) is 3.83. The molecular weight excluding hydrogens is 322 g/mol. The molecule has 1 aromatic carbocycles. The molecule has 25 heavy (non-hydrogen) atoms. The minimum Gasteiger partial charge on any atom is -0.339 e. The molecule has 1 atom stereocenters. The summed E-state index contributed by atoms with van der Waals surface area (Å²) in [6, 6.07) is 8.41. The highest BCUT2D eigenvalue weighted by Crippen LogP contribution is 2.25. The van der Waals surface area contributed by atoms with Gasteiger partial charge in [0.15, 0.2) is 5.82 Å². The number of nitrogens with zero attached hydrogens (tertiary/aromatic N) is 4. The fraction of sp³-hybridized carbons (Fsp3) is 0.353. The van der Waals surface area contributed by atoms with Crippen molar-refractivity contribution in [3.63, 3.8) is 0 Å². The summed E-state index contributed by atoms with van der Waals surface area (Å²) in [4.78, 5) is 30.4. The molecule has 2 aromatic rings. The summed E-state index contributed by atoms with van der Waals surface area (Å²) in [7, 11) is 0. The van der Waals surface area contributed by atoms with Gasteiger partial charge in [0.2, 0.25) is 5.89 Å². The van der Waals surface area contributed by atoms with Gasteiger partial charge < -0.3 is 14.7 Å². The van der Waals surface area contributed by atoms with Crippen molar-refractivity contribution < 1.29 is 14.1 Å². The average molecular weight is 339 g/mol. The average Bonchev–Trinajstić information content (AvgIpc) is 3.07. The Morgan fingerprint density at radius 2 is 2.28 bits per heavy atom. The molecule has 1 saturated heterocycles. The molecule has 1 unspecified atom stereocenters. The van der Waals surface area contributed by atoms with Gasteiger partial charge in [-0.1, -0.05) is 11.2 Å². The van der Waals surface area contributed by atoms with Crippen molar-refractivity contribution in [1.82, 2.24) is 15.0 Å². The number of likely N-dealkylation sites (tertiary alicyclic amines) is 1. The Balaban J connectivity index is 1.65. The van der Waals surface area contributed by atoms with Crippen molar-refractivity contribution in [3.8, 4) is 6.07 Å². The maximum atomic E-state index is 12.4. The van der Waals surface area contributed by atoms with Gasteiger partial charge in [-0.05, 0) is 38.0 Å². The second kappa shape index (κ2) is 7.13. The molecule has 2 amide bonds. The molecule has 0 bridgehead atoms. The molecule has 0 saturated carbocycles. The predicted octanol–water partition coefficient (Wildman–Crippen LogP) is 1.59. The standard InChI is InChI=1S/C17H17N5O3/c1-11-19-16(25-21-11)13-5-3-7-22(10-13)17(24)15(23)20-14-6-2-4-12(8-14)9-18/h2,4,6,8,13H,3,5,7,10H2,1H3,(H,20,23). The van der Waals surface area contributed by atoms with E-state index in [9.17, 15) is 9.59 Å². The number of amides is 2. The molecule has 0 spiro atoms. The number of hydrogen-bond donors (Lipinski definition) is 1. The van der Waals surface area contributed by atoms with E-state index in [-0.39, 0.29) is 5.92 Å². The SMILES string of the molecule is Cc1noc(C2CCCN(C(=O)C(=O)Nc3cccc(C#N)c3)C2)n1. The number of anilines is 1. The van der Waals surface area contributed by atoms with Crippen LogP contribution in [0.5, 0.6) is 0 Å². The van der Waals surface area contributed by atoms with E-state index in [4.69, 9.17) is 9.78 Å². The van der Waals surface area contributed by atoms with Crippen LogP contribution in [0.3, 0.4) is 0 Å². The van der Waals surface area contributed by atoms with Gasteiger partial charge in [-0.2, -0.15) is 10.2 Å². The van der Waals surface area contributed by atoms with Crippen LogP contribution in [0.1, 0.15) is 36.0 Å². The first-order valence-corrected chi connectivity index (χ1v) is 7.97. The lowest BCUT2D eigenvalue weighted by Gasteiger charge is -2.30. The van der Waals surface area contributed by atoms with Gasteiger partial charge in [0.25, 0.3) is 0 Å². The summed E-state index contributed by atoms with van der Waals surface area (Å²) < 4.78 is 5.18. The molecule has 1 fully saturated rings. The second-order valence-electron chi connectivity index (χ2n) is 5.92. The summed E-state index contributed by atoms with van der Waals surface area (Å²) in [5.41, 5.74) is 0.827. The number of nitrogens with one attached hydrogen (secondary N) is 1. The van der Waals surface area contributed by atoms with Crippen LogP contribution in [-0.2, 0) is 9.59 Å². The lowest BCUT2D eigenvalue weighted by molar-refractivity contribution is -0.144. The maximum Gasteiger partial charge on any atom is 0.313 e. The van der Waals surface area contributed by atoms with E-state index < -0.39 is 11.8 Å². The zero-order chi connectivity index (χ0) is 17.8. The van der Waals surface area contributed by atoms with E-state index in [2.05, 4.69) is 15.5 Å². The van der Waals surface area contributed by atoms with Crippen LogP contribution in [0.4, 0.5) is 5.69 Å². The van der Waals surface area contributed by atoms with Gasteiger partial charge in [-0.3, -0.25) is 9.59 Å². The van der Waals surface area contributed by atoms with Crippen LogP contribution in [0, 0.1) is 18.3 Å². The van der Waals surface area contributed by atoms with Crippen molar-refractivity contribution in [3.05, 3.63) is 41.5 Å². The summed E-state index contributed by atoms with van der Waals surface area (Å²) >= 11 is 0. The van der Waals surface area contributed by atoms with E-state index in [1.54, 1.807) is 25.1 Å². The van der Waals surface area contributed by atoms with Gasteiger partial charge in [0, 0.05) is 18.8 Å². The minimum absolute atomic E-state index is 0.0615. The lowest BCUT2D eigenvalue weighted by Crippen LogP contribution is -2.44. The van der Waals surface area contributed by atoms with Crippen LogP contribution in [0.25, 0.3) is 0 Å². The Kier molecular flexibility index (Phi) is 4.75. The Labute approximate surface area is 144 Å². The van der Waals surface area contributed by atoms with Crippen molar-refractivity contribution in [2.24, 2.45) is 0 Å². The fourth-order valence-corrected chi connectivity index (χ4v) is 2.84. The first-order chi connectivity index (χ1) is 12.1. The molecule has 1 aromatic heterocycles. The Morgan fingerprint density at radius 3 is 3.00 bits per heavy atom. The Morgan fingerprint density at radius 1 is 1.44 bits per heavy atom. The smallest absolute Gasteiger partial charge is 0.313 e. The number of aryl methyl sites for hydroxylation is 1. The van der Waals surface area contributed by atoms with Gasteiger partial charge >= 0.3 is 11.8 Å². The summed E-state index contributed by atoms with van der Waals surface area (Å²) in [5.74, 6) is -0.347. The lowest BCUT2D eigenvalue weighted by atomic mass is 9.98. The highest BCUT2D eigenvalue weighted by Gasteiger charge is 2.31. The molecule has 0 radical (unpaired) electrons. The molecule has 8 nitrogen and oxygen atoms in total. The third-order valence-corrected chi connectivity index (χ3v) is 4.04. The summed E-state index contributed by atoms with van der Waals surface area (Å²) in [6.45, 7) is 2.61. The number of carbonyl (C=O) groups is 2. The van der Waals surface area contributed by atoms with Crippen molar-refractivity contribution in [2.75, 3.05) is 18.4 Å². The van der Waals surface area contributed by atoms with Crippen molar-refractivity contribution in [1.29, 1.82) is 5.26 Å². The van der Waals surface area contributed by atoms with Gasteiger partial charge in [-0.15, -0.1) is 0 Å².